The molecule has 0 bridgehead atoms. The molecule has 0 amide bonds. The van der Waals surface area contributed by atoms with Crippen LogP contribution in [-0.2, 0) is 0 Å². The van der Waals surface area contributed by atoms with E-state index in [1.807, 2.05) is 48.5 Å². The van der Waals surface area contributed by atoms with Crippen LogP contribution in [0.25, 0.3) is 28.1 Å². The van der Waals surface area contributed by atoms with E-state index in [-0.39, 0.29) is 0 Å². The molecule has 0 unspecified atom stereocenters. The molecular formula is C19H15N3. The number of hydrogen-bond acceptors (Lipinski definition) is 2. The van der Waals surface area contributed by atoms with Crippen molar-refractivity contribution in [3.05, 3.63) is 78.9 Å². The van der Waals surface area contributed by atoms with Crippen molar-refractivity contribution in [3.63, 3.8) is 0 Å². The fraction of sp³-hybridized carbons (Fsp3) is 0. The van der Waals surface area contributed by atoms with Gasteiger partial charge in [0.2, 0.25) is 0 Å². The van der Waals surface area contributed by atoms with Crippen LogP contribution in [0.5, 0.6) is 0 Å². The SMILES string of the molecule is Nc1cccc2c1nc(-c1ccccc1)n2-c1ccccc1. The van der Waals surface area contributed by atoms with E-state index >= 15 is 0 Å². The van der Waals surface area contributed by atoms with Crippen LogP contribution < -0.4 is 5.73 Å². The summed E-state index contributed by atoms with van der Waals surface area (Å²) < 4.78 is 2.15. The minimum atomic E-state index is 0.698. The van der Waals surface area contributed by atoms with Crippen LogP contribution in [0, 0.1) is 0 Å². The fourth-order valence-electron chi connectivity index (χ4n) is 2.74. The van der Waals surface area contributed by atoms with Gasteiger partial charge >= 0.3 is 0 Å². The summed E-state index contributed by atoms with van der Waals surface area (Å²) in [7, 11) is 0. The van der Waals surface area contributed by atoms with Gasteiger partial charge in [-0.2, -0.15) is 0 Å². The maximum atomic E-state index is 6.12. The van der Waals surface area contributed by atoms with E-state index in [4.69, 9.17) is 10.7 Å². The number of aromatic nitrogens is 2. The summed E-state index contributed by atoms with van der Waals surface area (Å²) in [5.74, 6) is 0.903. The monoisotopic (exact) mass is 285 g/mol. The Labute approximate surface area is 128 Å². The molecular weight excluding hydrogens is 270 g/mol. The number of imidazole rings is 1. The van der Waals surface area contributed by atoms with Crippen LogP contribution in [0.2, 0.25) is 0 Å². The first-order valence-corrected chi connectivity index (χ1v) is 7.22. The average molecular weight is 285 g/mol. The van der Waals surface area contributed by atoms with Crippen molar-refractivity contribution in [2.75, 3.05) is 5.73 Å². The van der Waals surface area contributed by atoms with Gasteiger partial charge in [-0.15, -0.1) is 0 Å². The third kappa shape index (κ3) is 1.95. The number of nitrogens with two attached hydrogens (primary N) is 1. The quantitative estimate of drug-likeness (QED) is 0.559. The first-order chi connectivity index (χ1) is 10.8. The van der Waals surface area contributed by atoms with Crippen molar-refractivity contribution < 1.29 is 0 Å². The highest BCUT2D eigenvalue weighted by Gasteiger charge is 2.15. The normalized spacial score (nSPS) is 10.9. The van der Waals surface area contributed by atoms with E-state index in [1.165, 1.54) is 0 Å². The largest absolute Gasteiger partial charge is 0.397 e. The van der Waals surface area contributed by atoms with Crippen molar-refractivity contribution in [2.24, 2.45) is 0 Å². The van der Waals surface area contributed by atoms with Crippen LogP contribution >= 0.6 is 0 Å². The van der Waals surface area contributed by atoms with Crippen molar-refractivity contribution in [3.8, 4) is 17.1 Å². The Hall–Kier alpha value is -3.07. The van der Waals surface area contributed by atoms with Crippen LogP contribution in [0.3, 0.4) is 0 Å². The molecule has 0 aliphatic carbocycles. The molecule has 3 nitrogen and oxygen atoms in total. The van der Waals surface area contributed by atoms with E-state index in [0.29, 0.717) is 5.69 Å². The molecule has 1 heterocycles. The molecule has 3 aromatic carbocycles. The summed E-state index contributed by atoms with van der Waals surface area (Å²) in [6.45, 7) is 0. The molecule has 22 heavy (non-hydrogen) atoms. The Balaban J connectivity index is 2.10. The first kappa shape index (κ1) is 12.7. The molecule has 4 aromatic rings. The summed E-state index contributed by atoms with van der Waals surface area (Å²) in [5.41, 5.74) is 10.8. The van der Waals surface area contributed by atoms with Crippen LogP contribution in [0.4, 0.5) is 5.69 Å². The lowest BCUT2D eigenvalue weighted by molar-refractivity contribution is 1.10. The number of nitrogen functional groups attached to an aromatic ring is 1. The number of para-hydroxylation sites is 2. The summed E-state index contributed by atoms with van der Waals surface area (Å²) in [5, 5.41) is 0. The van der Waals surface area contributed by atoms with Crippen molar-refractivity contribution in [1.29, 1.82) is 0 Å². The molecule has 106 valence electrons. The lowest BCUT2D eigenvalue weighted by Crippen LogP contribution is -1.97. The molecule has 2 N–H and O–H groups in total. The number of hydrogen-bond donors (Lipinski definition) is 1. The van der Waals surface area contributed by atoms with Crippen LogP contribution in [0.1, 0.15) is 0 Å². The van der Waals surface area contributed by atoms with Crippen molar-refractivity contribution in [2.45, 2.75) is 0 Å². The third-order valence-electron chi connectivity index (χ3n) is 3.76. The Morgan fingerprint density at radius 3 is 2.14 bits per heavy atom. The average Bonchev–Trinajstić information content (AvgIpc) is 2.97. The second-order valence-corrected chi connectivity index (χ2v) is 5.19. The van der Waals surface area contributed by atoms with Crippen molar-refractivity contribution >= 4 is 16.7 Å². The standard InChI is InChI=1S/C19H15N3/c20-16-12-7-13-17-18(16)21-19(14-8-3-1-4-9-14)22(17)15-10-5-2-6-11-15/h1-13H,20H2. The van der Waals surface area contributed by atoms with Gasteiger partial charge in [0.1, 0.15) is 11.3 Å². The lowest BCUT2D eigenvalue weighted by Gasteiger charge is -2.09. The molecule has 0 saturated heterocycles. The number of rotatable bonds is 2. The number of benzene rings is 3. The second-order valence-electron chi connectivity index (χ2n) is 5.19. The Kier molecular flexibility index (Phi) is 2.90. The van der Waals surface area contributed by atoms with Gasteiger partial charge in [0.15, 0.2) is 0 Å². The Bertz CT molecular complexity index is 925. The fourth-order valence-corrected chi connectivity index (χ4v) is 2.74. The van der Waals surface area contributed by atoms with Gasteiger partial charge in [-0.1, -0.05) is 54.6 Å². The topological polar surface area (TPSA) is 43.8 Å². The number of nitrogens with zero attached hydrogens (tertiary/aromatic N) is 2. The second kappa shape index (κ2) is 5.04. The van der Waals surface area contributed by atoms with Gasteiger partial charge < -0.3 is 5.73 Å². The highest BCUT2D eigenvalue weighted by Crippen LogP contribution is 2.30. The summed E-state index contributed by atoms with van der Waals surface area (Å²) in [4.78, 5) is 4.80. The molecule has 0 radical (unpaired) electrons. The Morgan fingerprint density at radius 2 is 1.41 bits per heavy atom. The van der Waals surface area contributed by atoms with Gasteiger partial charge in [0.05, 0.1) is 11.2 Å². The molecule has 4 rings (SSSR count). The predicted octanol–water partition coefficient (Wildman–Crippen LogP) is 4.27. The van der Waals surface area contributed by atoms with E-state index in [2.05, 4.69) is 34.9 Å². The highest BCUT2D eigenvalue weighted by atomic mass is 15.1. The number of anilines is 1. The summed E-state index contributed by atoms with van der Waals surface area (Å²) >= 11 is 0. The van der Waals surface area contributed by atoms with Gasteiger partial charge in [0.25, 0.3) is 0 Å². The molecule has 0 spiro atoms. The molecule has 3 heteroatoms. The van der Waals surface area contributed by atoms with E-state index in [1.54, 1.807) is 0 Å². The smallest absolute Gasteiger partial charge is 0.145 e. The first-order valence-electron chi connectivity index (χ1n) is 7.22. The maximum absolute atomic E-state index is 6.12. The zero-order valence-electron chi connectivity index (χ0n) is 12.0. The van der Waals surface area contributed by atoms with E-state index in [0.717, 1.165) is 28.1 Å². The zero-order chi connectivity index (χ0) is 14.9. The predicted molar refractivity (Wildman–Crippen MR) is 90.9 cm³/mol. The third-order valence-corrected chi connectivity index (χ3v) is 3.76. The van der Waals surface area contributed by atoms with Crippen LogP contribution in [0.15, 0.2) is 78.9 Å². The number of fused-ring (bicyclic) bond motifs is 1. The molecule has 1 aromatic heterocycles. The molecule has 0 aliphatic rings. The lowest BCUT2D eigenvalue weighted by atomic mass is 10.2. The molecule has 0 aliphatic heterocycles. The van der Waals surface area contributed by atoms with Gasteiger partial charge in [-0.3, -0.25) is 4.57 Å². The van der Waals surface area contributed by atoms with Gasteiger partial charge in [-0.25, -0.2) is 4.98 Å². The maximum Gasteiger partial charge on any atom is 0.145 e. The van der Waals surface area contributed by atoms with Gasteiger partial charge in [-0.05, 0) is 24.3 Å². The van der Waals surface area contributed by atoms with Crippen molar-refractivity contribution in [1.82, 2.24) is 9.55 Å². The van der Waals surface area contributed by atoms with E-state index < -0.39 is 0 Å². The van der Waals surface area contributed by atoms with E-state index in [9.17, 15) is 0 Å². The van der Waals surface area contributed by atoms with Gasteiger partial charge in [0, 0.05) is 11.3 Å². The zero-order valence-corrected chi connectivity index (χ0v) is 12.0. The Morgan fingerprint density at radius 1 is 0.727 bits per heavy atom. The molecule has 0 saturated carbocycles. The molecule has 0 atom stereocenters. The summed E-state index contributed by atoms with van der Waals surface area (Å²) in [6, 6.07) is 26.3. The summed E-state index contributed by atoms with van der Waals surface area (Å²) in [6.07, 6.45) is 0. The highest BCUT2D eigenvalue weighted by molar-refractivity contribution is 5.91. The minimum absolute atomic E-state index is 0.698. The molecule has 0 fully saturated rings. The van der Waals surface area contributed by atoms with Crippen LogP contribution in [-0.4, -0.2) is 9.55 Å². The minimum Gasteiger partial charge on any atom is -0.397 e.